The Balaban J connectivity index is 0.00000242. The SMILES string of the molecule is CNCCN(C)C(=O)CCN1C(=O)c2ccccc2C1=O.Cl. The minimum Gasteiger partial charge on any atom is -0.344 e. The molecule has 0 unspecified atom stereocenters. The van der Waals surface area contributed by atoms with Crippen LogP contribution < -0.4 is 5.32 Å². The maximum absolute atomic E-state index is 12.1. The molecule has 7 heteroatoms. The zero-order chi connectivity index (χ0) is 15.4. The van der Waals surface area contributed by atoms with E-state index in [4.69, 9.17) is 0 Å². The molecule has 1 heterocycles. The molecule has 0 atom stereocenters. The van der Waals surface area contributed by atoms with Gasteiger partial charge in [0.25, 0.3) is 11.8 Å². The predicted octanol–water partition coefficient (Wildman–Crippen LogP) is 0.772. The first kappa shape index (κ1) is 18.1. The van der Waals surface area contributed by atoms with Crippen LogP contribution in [0.1, 0.15) is 27.1 Å². The van der Waals surface area contributed by atoms with Gasteiger partial charge in [-0.2, -0.15) is 0 Å². The molecule has 1 N–H and O–H groups in total. The van der Waals surface area contributed by atoms with Crippen molar-refractivity contribution >= 4 is 30.1 Å². The third kappa shape index (κ3) is 3.64. The van der Waals surface area contributed by atoms with E-state index in [1.165, 1.54) is 0 Å². The number of nitrogens with one attached hydrogen (secondary N) is 1. The lowest BCUT2D eigenvalue weighted by Crippen LogP contribution is -2.37. The van der Waals surface area contributed by atoms with E-state index in [1.54, 1.807) is 36.2 Å². The van der Waals surface area contributed by atoms with E-state index in [0.717, 1.165) is 4.90 Å². The van der Waals surface area contributed by atoms with Gasteiger partial charge in [0.05, 0.1) is 11.1 Å². The van der Waals surface area contributed by atoms with Crippen molar-refractivity contribution in [3.8, 4) is 0 Å². The molecule has 120 valence electrons. The summed E-state index contributed by atoms with van der Waals surface area (Å²) in [5.74, 6) is -0.718. The number of benzene rings is 1. The highest BCUT2D eigenvalue weighted by Gasteiger charge is 2.35. The zero-order valence-electron chi connectivity index (χ0n) is 12.7. The molecule has 1 aliphatic rings. The van der Waals surface area contributed by atoms with E-state index in [0.29, 0.717) is 24.2 Å². The first-order valence-corrected chi connectivity index (χ1v) is 6.90. The molecule has 1 aromatic rings. The molecule has 0 saturated carbocycles. The summed E-state index contributed by atoms with van der Waals surface area (Å²) >= 11 is 0. The van der Waals surface area contributed by atoms with Crippen molar-refractivity contribution in [2.45, 2.75) is 6.42 Å². The van der Waals surface area contributed by atoms with Gasteiger partial charge in [-0.05, 0) is 19.2 Å². The van der Waals surface area contributed by atoms with Crippen LogP contribution in [0.5, 0.6) is 0 Å². The van der Waals surface area contributed by atoms with E-state index in [9.17, 15) is 14.4 Å². The molecule has 3 amide bonds. The Morgan fingerprint density at radius 1 is 1.18 bits per heavy atom. The van der Waals surface area contributed by atoms with Crippen molar-refractivity contribution in [1.82, 2.24) is 15.1 Å². The van der Waals surface area contributed by atoms with Crippen LogP contribution in [0, 0.1) is 0 Å². The highest BCUT2D eigenvalue weighted by Crippen LogP contribution is 2.22. The van der Waals surface area contributed by atoms with Crippen molar-refractivity contribution in [3.05, 3.63) is 35.4 Å². The van der Waals surface area contributed by atoms with Crippen LogP contribution in [0.4, 0.5) is 0 Å². The minimum atomic E-state index is -0.318. The lowest BCUT2D eigenvalue weighted by molar-refractivity contribution is -0.129. The van der Waals surface area contributed by atoms with Crippen LogP contribution in [-0.2, 0) is 4.79 Å². The average Bonchev–Trinajstić information content (AvgIpc) is 2.74. The Bertz CT molecular complexity index is 542. The van der Waals surface area contributed by atoms with E-state index >= 15 is 0 Å². The number of fused-ring (bicyclic) bond motifs is 1. The number of rotatable bonds is 6. The van der Waals surface area contributed by atoms with Gasteiger partial charge in [0.2, 0.25) is 5.91 Å². The molecule has 0 fully saturated rings. The van der Waals surface area contributed by atoms with Crippen LogP contribution in [0.25, 0.3) is 0 Å². The second-order valence-corrected chi connectivity index (χ2v) is 4.98. The highest BCUT2D eigenvalue weighted by molar-refractivity contribution is 6.21. The van der Waals surface area contributed by atoms with Gasteiger partial charge in [0, 0.05) is 33.1 Å². The molecule has 1 aromatic carbocycles. The van der Waals surface area contributed by atoms with Gasteiger partial charge in [-0.3, -0.25) is 19.3 Å². The van der Waals surface area contributed by atoms with Crippen molar-refractivity contribution in [2.24, 2.45) is 0 Å². The lowest BCUT2D eigenvalue weighted by Gasteiger charge is -2.19. The molecule has 0 spiro atoms. The number of likely N-dealkylation sites (N-methyl/N-ethyl adjacent to an activating group) is 2. The van der Waals surface area contributed by atoms with Crippen LogP contribution in [0.3, 0.4) is 0 Å². The molecule has 2 rings (SSSR count). The van der Waals surface area contributed by atoms with E-state index in [-0.39, 0.29) is 43.1 Å². The van der Waals surface area contributed by atoms with Crippen molar-refractivity contribution in [2.75, 3.05) is 33.7 Å². The summed E-state index contributed by atoms with van der Waals surface area (Å²) in [5, 5.41) is 2.96. The molecule has 6 nitrogen and oxygen atoms in total. The average molecular weight is 326 g/mol. The molecule has 0 aromatic heterocycles. The number of nitrogens with zero attached hydrogens (tertiary/aromatic N) is 2. The topological polar surface area (TPSA) is 69.7 Å². The number of halogens is 1. The molecule has 22 heavy (non-hydrogen) atoms. The van der Waals surface area contributed by atoms with Gasteiger partial charge < -0.3 is 10.2 Å². The number of carbonyl (C=O) groups is 3. The van der Waals surface area contributed by atoms with Crippen LogP contribution in [-0.4, -0.2) is 61.3 Å². The van der Waals surface area contributed by atoms with E-state index < -0.39 is 0 Å². The third-order valence-electron chi connectivity index (χ3n) is 3.55. The monoisotopic (exact) mass is 325 g/mol. The number of hydrogen-bond donors (Lipinski definition) is 1. The first-order chi connectivity index (χ1) is 10.1. The fourth-order valence-electron chi connectivity index (χ4n) is 2.24. The van der Waals surface area contributed by atoms with Gasteiger partial charge in [-0.15, -0.1) is 12.4 Å². The van der Waals surface area contributed by atoms with Gasteiger partial charge in [-0.25, -0.2) is 0 Å². The summed E-state index contributed by atoms with van der Waals surface area (Å²) in [6, 6.07) is 6.72. The zero-order valence-corrected chi connectivity index (χ0v) is 13.5. The number of carbonyl (C=O) groups excluding carboxylic acids is 3. The maximum Gasteiger partial charge on any atom is 0.261 e. The Labute approximate surface area is 135 Å². The maximum atomic E-state index is 12.1. The second kappa shape index (κ2) is 7.91. The normalized spacial score (nSPS) is 12.9. The summed E-state index contributed by atoms with van der Waals surface area (Å²) in [6.45, 7) is 1.42. The van der Waals surface area contributed by atoms with E-state index in [1.807, 2.05) is 7.05 Å². The lowest BCUT2D eigenvalue weighted by atomic mass is 10.1. The van der Waals surface area contributed by atoms with Gasteiger partial charge in [0.15, 0.2) is 0 Å². The summed E-state index contributed by atoms with van der Waals surface area (Å²) in [5.41, 5.74) is 0.831. The van der Waals surface area contributed by atoms with Crippen LogP contribution in [0.15, 0.2) is 24.3 Å². The Morgan fingerprint density at radius 2 is 1.73 bits per heavy atom. The fourth-order valence-corrected chi connectivity index (χ4v) is 2.24. The molecular weight excluding hydrogens is 306 g/mol. The quantitative estimate of drug-likeness (QED) is 0.784. The second-order valence-electron chi connectivity index (χ2n) is 4.98. The Hall–Kier alpha value is -1.92. The van der Waals surface area contributed by atoms with Gasteiger partial charge in [-0.1, -0.05) is 12.1 Å². The Morgan fingerprint density at radius 3 is 2.23 bits per heavy atom. The predicted molar refractivity (Wildman–Crippen MR) is 85.2 cm³/mol. The third-order valence-corrected chi connectivity index (χ3v) is 3.55. The standard InChI is InChI=1S/C15H19N3O3.ClH/c1-16-8-10-17(2)13(19)7-9-18-14(20)11-5-3-4-6-12(11)15(18)21;/h3-6,16H,7-10H2,1-2H3;1H. The van der Waals surface area contributed by atoms with Gasteiger partial charge in [0.1, 0.15) is 0 Å². The van der Waals surface area contributed by atoms with E-state index in [2.05, 4.69) is 5.32 Å². The smallest absolute Gasteiger partial charge is 0.261 e. The summed E-state index contributed by atoms with van der Waals surface area (Å²) in [6.07, 6.45) is 0.145. The van der Waals surface area contributed by atoms with Crippen molar-refractivity contribution < 1.29 is 14.4 Å². The van der Waals surface area contributed by atoms with Gasteiger partial charge >= 0.3 is 0 Å². The first-order valence-electron chi connectivity index (χ1n) is 6.90. The van der Waals surface area contributed by atoms with Crippen LogP contribution in [0.2, 0.25) is 0 Å². The summed E-state index contributed by atoms with van der Waals surface area (Å²) in [4.78, 5) is 38.9. The number of imide groups is 1. The fraction of sp³-hybridized carbons (Fsp3) is 0.400. The Kier molecular flexibility index (Phi) is 6.52. The number of hydrogen-bond acceptors (Lipinski definition) is 4. The molecular formula is C15H20ClN3O3. The van der Waals surface area contributed by atoms with Crippen molar-refractivity contribution in [1.29, 1.82) is 0 Å². The molecule has 1 aliphatic heterocycles. The number of amides is 3. The molecule has 0 aliphatic carbocycles. The minimum absolute atomic E-state index is 0. The molecule has 0 saturated heterocycles. The summed E-state index contributed by atoms with van der Waals surface area (Å²) in [7, 11) is 3.53. The molecule has 0 radical (unpaired) electrons. The molecule has 0 bridgehead atoms. The van der Waals surface area contributed by atoms with Crippen LogP contribution >= 0.6 is 12.4 Å². The highest BCUT2D eigenvalue weighted by atomic mass is 35.5. The summed E-state index contributed by atoms with van der Waals surface area (Å²) < 4.78 is 0. The van der Waals surface area contributed by atoms with Crippen molar-refractivity contribution in [3.63, 3.8) is 0 Å². The largest absolute Gasteiger partial charge is 0.344 e.